The average molecular weight is 509 g/mol. The normalized spacial score (nSPS) is 12.4. The van der Waals surface area contributed by atoms with Crippen LogP contribution >= 0.6 is 11.6 Å². The maximum atomic E-state index is 12.8. The van der Waals surface area contributed by atoms with Crippen LogP contribution in [0.4, 0.5) is 32.3 Å². The fraction of sp³-hybridized carbons (Fsp3) is 0.200. The number of benzene rings is 2. The molecule has 0 spiro atoms. The zero-order chi connectivity index (χ0) is 25.5. The summed E-state index contributed by atoms with van der Waals surface area (Å²) in [5.74, 6) is -2.41. The molecule has 0 fully saturated rings. The largest absolute Gasteiger partial charge is 0.490 e. The number of carbonyl (C=O) groups is 1. The van der Waals surface area contributed by atoms with Crippen molar-refractivity contribution in [3.63, 3.8) is 0 Å². The van der Waals surface area contributed by atoms with Crippen LogP contribution in [0, 0.1) is 0 Å². The minimum atomic E-state index is -5.08. The molecule has 3 aromatic rings. The molecule has 7 nitrogen and oxygen atoms in total. The summed E-state index contributed by atoms with van der Waals surface area (Å²) in [4.78, 5) is 21.0. The van der Waals surface area contributed by atoms with E-state index in [1.165, 1.54) is 12.4 Å². The van der Waals surface area contributed by atoms with Gasteiger partial charge in [0.15, 0.2) is 5.82 Å². The molecule has 1 atom stereocenters. The number of aliphatic hydroxyl groups is 1. The van der Waals surface area contributed by atoms with Crippen molar-refractivity contribution in [1.82, 2.24) is 15.0 Å². The third-order valence-corrected chi connectivity index (χ3v) is 4.30. The first kappa shape index (κ1) is 26.8. The van der Waals surface area contributed by atoms with Crippen LogP contribution in [-0.2, 0) is 11.0 Å². The molecule has 1 aromatic heterocycles. The zero-order valence-corrected chi connectivity index (χ0v) is 17.5. The van der Waals surface area contributed by atoms with Crippen molar-refractivity contribution < 1.29 is 41.4 Å². The van der Waals surface area contributed by atoms with Crippen LogP contribution in [-0.4, -0.2) is 43.9 Å². The summed E-state index contributed by atoms with van der Waals surface area (Å²) >= 11 is 5.73. The summed E-state index contributed by atoms with van der Waals surface area (Å²) in [5, 5.41) is 19.7. The molecule has 0 saturated carbocycles. The maximum Gasteiger partial charge on any atom is 0.490 e. The van der Waals surface area contributed by atoms with Crippen LogP contribution in [0.1, 0.15) is 17.2 Å². The molecule has 2 aromatic carbocycles. The number of hydrogen-bond acceptors (Lipinski definition) is 6. The van der Waals surface area contributed by atoms with Gasteiger partial charge in [-0.15, -0.1) is 0 Å². The topological polar surface area (TPSA) is 108 Å². The van der Waals surface area contributed by atoms with E-state index < -0.39 is 35.0 Å². The van der Waals surface area contributed by atoms with Crippen LogP contribution < -0.4 is 5.32 Å². The predicted octanol–water partition coefficient (Wildman–Crippen LogP) is 4.99. The molecule has 0 unspecified atom stereocenters. The summed E-state index contributed by atoms with van der Waals surface area (Å²) in [6.07, 6.45) is -9.16. The van der Waals surface area contributed by atoms with Gasteiger partial charge in [-0.1, -0.05) is 48.0 Å². The van der Waals surface area contributed by atoms with Gasteiger partial charge in [-0.3, -0.25) is 0 Å². The number of alkyl halides is 6. The smallest absolute Gasteiger partial charge is 0.475 e. The van der Waals surface area contributed by atoms with Crippen molar-refractivity contribution in [2.24, 2.45) is 0 Å². The van der Waals surface area contributed by atoms with Crippen LogP contribution in [0.5, 0.6) is 0 Å². The molecule has 34 heavy (non-hydrogen) atoms. The fourth-order valence-electron chi connectivity index (χ4n) is 2.39. The molecule has 0 radical (unpaired) electrons. The van der Waals surface area contributed by atoms with E-state index in [0.29, 0.717) is 5.56 Å². The van der Waals surface area contributed by atoms with E-state index in [-0.39, 0.29) is 18.3 Å². The van der Waals surface area contributed by atoms with E-state index in [2.05, 4.69) is 20.3 Å². The number of hydrogen-bond donors (Lipinski definition) is 3. The van der Waals surface area contributed by atoms with Crippen molar-refractivity contribution in [3.05, 3.63) is 71.0 Å². The Hall–Kier alpha value is -3.45. The number of carboxylic acids is 1. The highest BCUT2D eigenvalue weighted by atomic mass is 35.5. The number of anilines is 1. The van der Waals surface area contributed by atoms with Crippen LogP contribution in [0.2, 0.25) is 5.02 Å². The second kappa shape index (κ2) is 11.1. The lowest BCUT2D eigenvalue weighted by atomic mass is 10.1. The fourth-order valence-corrected chi connectivity index (χ4v) is 2.67. The number of nitrogens with zero attached hydrogens (tertiary/aromatic N) is 3. The van der Waals surface area contributed by atoms with E-state index in [0.717, 1.165) is 17.7 Å². The molecule has 0 aliphatic carbocycles. The van der Waals surface area contributed by atoms with Gasteiger partial charge in [-0.05, 0) is 17.7 Å². The second-order valence-corrected chi connectivity index (χ2v) is 6.84. The SMILES string of the molecule is O=C(O)C(F)(F)F.O[C@@H](CNc1ncnc(-c2ccc(C(F)(F)F)c(Cl)c2)n1)c1ccccc1. The van der Waals surface area contributed by atoms with E-state index in [9.17, 15) is 31.4 Å². The van der Waals surface area contributed by atoms with E-state index in [1.54, 1.807) is 12.1 Å². The lowest BCUT2D eigenvalue weighted by Gasteiger charge is -2.12. The number of aromatic nitrogens is 3. The molecule has 0 bridgehead atoms. The molecule has 0 aliphatic heterocycles. The Bertz CT molecular complexity index is 1110. The van der Waals surface area contributed by atoms with Gasteiger partial charge in [0, 0.05) is 12.1 Å². The molecule has 0 aliphatic rings. The van der Waals surface area contributed by atoms with E-state index in [1.807, 2.05) is 18.2 Å². The standard InChI is InChI=1S/C18H14ClF3N4O.C2HF3O2/c19-14-8-12(6-7-13(14)18(20,21)22)16-24-10-25-17(26-16)23-9-15(27)11-4-2-1-3-5-11;3-2(4,5)1(6)7/h1-8,10,15,27H,9H2,(H,23,24,25,26);(H,6,7)/t15-;/m0./s1. The molecular weight excluding hydrogens is 494 g/mol. The quantitative estimate of drug-likeness (QED) is 0.417. The third-order valence-electron chi connectivity index (χ3n) is 3.98. The number of carboxylic acid groups (broad SMARTS) is 1. The van der Waals surface area contributed by atoms with Gasteiger partial charge >= 0.3 is 18.3 Å². The minimum absolute atomic E-state index is 0.154. The number of aliphatic hydroxyl groups excluding tert-OH is 1. The van der Waals surface area contributed by atoms with Gasteiger partial charge in [-0.25, -0.2) is 14.8 Å². The predicted molar refractivity (Wildman–Crippen MR) is 109 cm³/mol. The lowest BCUT2D eigenvalue weighted by Crippen LogP contribution is -2.21. The van der Waals surface area contributed by atoms with Crippen molar-refractivity contribution in [2.75, 3.05) is 11.9 Å². The molecular formula is C20H15ClF6N4O3. The van der Waals surface area contributed by atoms with E-state index in [4.69, 9.17) is 21.5 Å². The van der Waals surface area contributed by atoms with Crippen molar-refractivity contribution >= 4 is 23.5 Å². The number of halogens is 7. The summed E-state index contributed by atoms with van der Waals surface area (Å²) in [6, 6.07) is 12.3. The molecule has 1 heterocycles. The highest BCUT2D eigenvalue weighted by molar-refractivity contribution is 6.31. The Morgan fingerprint density at radius 2 is 1.65 bits per heavy atom. The highest BCUT2D eigenvalue weighted by Gasteiger charge is 2.38. The van der Waals surface area contributed by atoms with Crippen molar-refractivity contribution in [3.8, 4) is 11.4 Å². The number of nitrogens with one attached hydrogen (secondary N) is 1. The van der Waals surface area contributed by atoms with Gasteiger partial charge in [-0.2, -0.15) is 31.3 Å². The minimum Gasteiger partial charge on any atom is -0.475 e. The van der Waals surface area contributed by atoms with Gasteiger partial charge < -0.3 is 15.5 Å². The summed E-state index contributed by atoms with van der Waals surface area (Å²) in [7, 11) is 0. The first-order chi connectivity index (χ1) is 15.8. The first-order valence-electron chi connectivity index (χ1n) is 9.12. The molecule has 0 amide bonds. The van der Waals surface area contributed by atoms with E-state index >= 15 is 0 Å². The lowest BCUT2D eigenvalue weighted by molar-refractivity contribution is -0.192. The summed E-state index contributed by atoms with van der Waals surface area (Å²) in [5.41, 5.74) is 0.127. The van der Waals surface area contributed by atoms with Crippen LogP contribution in [0.25, 0.3) is 11.4 Å². The summed E-state index contributed by atoms with van der Waals surface area (Å²) < 4.78 is 70.1. The Kier molecular flexibility index (Phi) is 8.76. The average Bonchev–Trinajstić information content (AvgIpc) is 2.77. The molecule has 3 rings (SSSR count). The number of aliphatic carboxylic acids is 1. The van der Waals surface area contributed by atoms with Crippen molar-refractivity contribution in [1.29, 1.82) is 0 Å². The molecule has 182 valence electrons. The Morgan fingerprint density at radius 3 is 2.18 bits per heavy atom. The second-order valence-electron chi connectivity index (χ2n) is 6.44. The Balaban J connectivity index is 0.000000509. The van der Waals surface area contributed by atoms with Gasteiger partial charge in [0.1, 0.15) is 6.33 Å². The summed E-state index contributed by atoms with van der Waals surface area (Å²) in [6.45, 7) is 0.154. The van der Waals surface area contributed by atoms with Gasteiger partial charge in [0.25, 0.3) is 0 Å². The van der Waals surface area contributed by atoms with Crippen LogP contribution in [0.3, 0.4) is 0 Å². The third kappa shape index (κ3) is 7.85. The van der Waals surface area contributed by atoms with Crippen molar-refractivity contribution in [2.45, 2.75) is 18.5 Å². The molecule has 0 saturated heterocycles. The monoisotopic (exact) mass is 508 g/mol. The highest BCUT2D eigenvalue weighted by Crippen LogP contribution is 2.36. The van der Waals surface area contributed by atoms with Crippen LogP contribution in [0.15, 0.2) is 54.9 Å². The Morgan fingerprint density at radius 1 is 1.03 bits per heavy atom. The van der Waals surface area contributed by atoms with Gasteiger partial charge in [0.05, 0.1) is 16.7 Å². The maximum absolute atomic E-state index is 12.8. The first-order valence-corrected chi connectivity index (χ1v) is 9.50. The number of rotatable bonds is 5. The molecule has 3 N–H and O–H groups in total. The molecule has 14 heteroatoms. The zero-order valence-electron chi connectivity index (χ0n) is 16.8. The Labute approximate surface area is 193 Å². The van der Waals surface area contributed by atoms with Gasteiger partial charge in [0.2, 0.25) is 5.95 Å².